The van der Waals surface area contributed by atoms with Gasteiger partial charge in [-0.15, -0.1) is 4.40 Å². The Balaban J connectivity index is 2.57. The number of amides is 1. The van der Waals surface area contributed by atoms with Crippen LogP contribution < -0.4 is 14.8 Å². The number of likely N-dealkylation sites (N-methyl/N-ethyl adjacent to an activating group) is 1. The third kappa shape index (κ3) is 4.40. The molecule has 148 valence electrons. The van der Waals surface area contributed by atoms with Crippen molar-refractivity contribution in [2.75, 3.05) is 27.9 Å². The molecule has 2 rings (SSSR count). The van der Waals surface area contributed by atoms with Gasteiger partial charge in [-0.2, -0.15) is 8.42 Å². The van der Waals surface area contributed by atoms with Crippen molar-refractivity contribution >= 4 is 21.8 Å². The number of hydrogen-bond donors (Lipinski definition) is 2. The highest BCUT2D eigenvalue weighted by atomic mass is 32.2. The lowest BCUT2D eigenvalue weighted by Gasteiger charge is -2.28. The van der Waals surface area contributed by atoms with E-state index in [0.717, 1.165) is 4.31 Å². The molecule has 0 spiro atoms. The summed E-state index contributed by atoms with van der Waals surface area (Å²) in [5, 5.41) is 11.9. The molecule has 0 fully saturated rings. The Morgan fingerprint density at radius 2 is 1.96 bits per heavy atom. The topological polar surface area (TPSA) is 118 Å². The highest BCUT2D eigenvalue weighted by Crippen LogP contribution is 2.28. The minimum absolute atomic E-state index is 0.0378. The molecule has 0 aliphatic carbocycles. The molecular weight excluding hydrogens is 374 g/mol. The van der Waals surface area contributed by atoms with Crippen LogP contribution in [0, 0.1) is 0 Å². The van der Waals surface area contributed by atoms with E-state index in [0.29, 0.717) is 17.1 Å². The van der Waals surface area contributed by atoms with E-state index in [1.54, 1.807) is 32.0 Å². The van der Waals surface area contributed by atoms with Crippen LogP contribution in [0.1, 0.15) is 19.4 Å². The van der Waals surface area contributed by atoms with Gasteiger partial charge in [0.15, 0.2) is 0 Å². The second-order valence-electron chi connectivity index (χ2n) is 6.51. The molecule has 2 N–H and O–H groups in total. The lowest BCUT2D eigenvalue weighted by Crippen LogP contribution is -2.49. The molecule has 0 aromatic heterocycles. The number of allylic oxidation sites excluding steroid dienone is 1. The molecular formula is C17H23N3O6S. The average molecular weight is 397 g/mol. The van der Waals surface area contributed by atoms with Gasteiger partial charge in [-0.3, -0.25) is 4.79 Å². The fraction of sp³-hybridized carbons (Fsp3) is 0.412. The molecule has 0 saturated carbocycles. The maximum absolute atomic E-state index is 12.6. The van der Waals surface area contributed by atoms with Gasteiger partial charge in [0.1, 0.15) is 17.2 Å². The number of carbonyl (C=O) groups excluding carboxylic acids is 1. The van der Waals surface area contributed by atoms with Crippen LogP contribution in [0.4, 0.5) is 0 Å². The summed E-state index contributed by atoms with van der Waals surface area (Å²) >= 11 is 0. The Morgan fingerprint density at radius 3 is 2.52 bits per heavy atom. The lowest BCUT2D eigenvalue weighted by molar-refractivity contribution is -0.120. The summed E-state index contributed by atoms with van der Waals surface area (Å²) < 4.78 is 39.9. The van der Waals surface area contributed by atoms with Gasteiger partial charge in [-0.1, -0.05) is 0 Å². The number of hydrogen-bond acceptors (Lipinski definition) is 6. The van der Waals surface area contributed by atoms with Gasteiger partial charge in [-0.25, -0.2) is 4.31 Å². The Hall–Kier alpha value is -2.59. The molecule has 1 aliphatic rings. The summed E-state index contributed by atoms with van der Waals surface area (Å²) in [5.74, 6) is 0.195. The number of ether oxygens (including phenoxy) is 2. The maximum Gasteiger partial charge on any atom is 0.345 e. The van der Waals surface area contributed by atoms with E-state index in [1.807, 2.05) is 0 Å². The fourth-order valence-corrected chi connectivity index (χ4v) is 3.22. The van der Waals surface area contributed by atoms with Gasteiger partial charge >= 0.3 is 10.2 Å². The van der Waals surface area contributed by atoms with Crippen molar-refractivity contribution in [2.45, 2.75) is 19.4 Å². The molecule has 1 aromatic rings. The van der Waals surface area contributed by atoms with Gasteiger partial charge in [-0.05, 0) is 38.1 Å². The molecule has 0 unspecified atom stereocenters. The zero-order chi connectivity index (χ0) is 20.4. The summed E-state index contributed by atoms with van der Waals surface area (Å²) in [7, 11) is 0.0230. The van der Waals surface area contributed by atoms with Gasteiger partial charge in [0.25, 0.3) is 5.91 Å². The molecule has 9 nitrogen and oxygen atoms in total. The molecule has 1 aliphatic heterocycles. The normalized spacial score (nSPS) is 16.3. The molecule has 0 radical (unpaired) electrons. The molecule has 10 heteroatoms. The van der Waals surface area contributed by atoms with E-state index in [2.05, 4.69) is 9.71 Å². The highest BCUT2D eigenvalue weighted by Gasteiger charge is 2.33. The average Bonchev–Trinajstić information content (AvgIpc) is 2.62. The smallest absolute Gasteiger partial charge is 0.345 e. The first-order valence-electron chi connectivity index (χ1n) is 8.01. The molecule has 0 saturated heterocycles. The van der Waals surface area contributed by atoms with Gasteiger partial charge < -0.3 is 19.9 Å². The van der Waals surface area contributed by atoms with Crippen molar-refractivity contribution in [3.8, 4) is 11.5 Å². The van der Waals surface area contributed by atoms with Crippen molar-refractivity contribution in [2.24, 2.45) is 4.40 Å². The van der Waals surface area contributed by atoms with Gasteiger partial charge in [0.05, 0.1) is 32.1 Å². The Bertz CT molecular complexity index is 905. The van der Waals surface area contributed by atoms with Crippen LogP contribution >= 0.6 is 0 Å². The van der Waals surface area contributed by atoms with E-state index in [-0.39, 0.29) is 18.0 Å². The van der Waals surface area contributed by atoms with E-state index in [4.69, 9.17) is 9.47 Å². The van der Waals surface area contributed by atoms with Crippen LogP contribution in [0.15, 0.2) is 34.4 Å². The second kappa shape index (κ2) is 7.57. The minimum atomic E-state index is -4.13. The standard InChI is InChI=1S/C17H23N3O6S/c1-17(2,10-21)18-16(22)14-9-13(19-27(23,24)20(14)3)12-8-11(25-4)6-7-15(12)26-5/h6-9,21H,10H2,1-5H3,(H,18,22). The predicted molar refractivity (Wildman–Crippen MR) is 100 cm³/mol. The third-order valence-corrected chi connectivity index (χ3v) is 5.25. The van der Waals surface area contributed by atoms with E-state index in [9.17, 15) is 18.3 Å². The van der Waals surface area contributed by atoms with Crippen LogP contribution in [0.2, 0.25) is 0 Å². The molecule has 0 atom stereocenters. The number of nitrogens with one attached hydrogen (secondary N) is 1. The zero-order valence-electron chi connectivity index (χ0n) is 15.8. The monoisotopic (exact) mass is 397 g/mol. The number of benzene rings is 1. The fourth-order valence-electron chi connectivity index (χ4n) is 2.32. The number of aliphatic hydroxyl groups is 1. The third-order valence-electron chi connectivity index (χ3n) is 3.93. The van der Waals surface area contributed by atoms with Crippen molar-refractivity contribution < 1.29 is 27.8 Å². The van der Waals surface area contributed by atoms with E-state index >= 15 is 0 Å². The van der Waals surface area contributed by atoms with Gasteiger partial charge in [0.2, 0.25) is 0 Å². The number of nitrogens with zero attached hydrogens (tertiary/aromatic N) is 2. The molecule has 1 heterocycles. The Labute approximate surface area is 158 Å². The summed E-state index contributed by atoms with van der Waals surface area (Å²) in [4.78, 5) is 12.6. The lowest BCUT2D eigenvalue weighted by atomic mass is 10.1. The summed E-state index contributed by atoms with van der Waals surface area (Å²) in [6.07, 6.45) is 1.35. The summed E-state index contributed by atoms with van der Waals surface area (Å²) in [6.45, 7) is 2.92. The second-order valence-corrected chi connectivity index (χ2v) is 8.14. The largest absolute Gasteiger partial charge is 0.497 e. The molecule has 27 heavy (non-hydrogen) atoms. The van der Waals surface area contributed by atoms with Crippen molar-refractivity contribution in [3.05, 3.63) is 35.5 Å². The van der Waals surface area contributed by atoms with Crippen molar-refractivity contribution in [1.82, 2.24) is 9.62 Å². The minimum Gasteiger partial charge on any atom is -0.497 e. The summed E-state index contributed by atoms with van der Waals surface area (Å²) in [6, 6.07) is 4.85. The van der Waals surface area contributed by atoms with Crippen LogP contribution in [-0.4, -0.2) is 62.9 Å². The first kappa shape index (κ1) is 20.7. The van der Waals surface area contributed by atoms with Crippen LogP contribution in [0.3, 0.4) is 0 Å². The summed E-state index contributed by atoms with van der Waals surface area (Å²) in [5.41, 5.74) is -0.660. The van der Waals surface area contributed by atoms with E-state index in [1.165, 1.54) is 27.3 Å². The molecule has 1 aromatic carbocycles. The molecule has 1 amide bonds. The van der Waals surface area contributed by atoms with Crippen molar-refractivity contribution in [3.63, 3.8) is 0 Å². The van der Waals surface area contributed by atoms with Gasteiger partial charge in [0, 0.05) is 12.6 Å². The Kier molecular flexibility index (Phi) is 5.81. The first-order chi connectivity index (χ1) is 12.5. The van der Waals surface area contributed by atoms with Crippen molar-refractivity contribution in [1.29, 1.82) is 0 Å². The number of rotatable bonds is 6. The van der Waals surface area contributed by atoms with Crippen LogP contribution in [0.5, 0.6) is 11.5 Å². The Morgan fingerprint density at radius 1 is 1.30 bits per heavy atom. The zero-order valence-corrected chi connectivity index (χ0v) is 16.6. The van der Waals surface area contributed by atoms with E-state index < -0.39 is 21.7 Å². The molecule has 0 bridgehead atoms. The predicted octanol–water partition coefficient (Wildman–Crippen LogP) is 0.454. The number of methoxy groups -OCH3 is 2. The SMILES string of the molecule is COc1ccc(OC)c(C2=NS(=O)(=O)N(C)C(C(=O)NC(C)(C)CO)=C2)c1. The highest BCUT2D eigenvalue weighted by molar-refractivity contribution is 7.88. The number of carbonyl (C=O) groups is 1. The maximum atomic E-state index is 12.6. The van der Waals surface area contributed by atoms with Crippen LogP contribution in [0.25, 0.3) is 0 Å². The first-order valence-corrected chi connectivity index (χ1v) is 9.40. The number of aliphatic hydroxyl groups excluding tert-OH is 1. The van der Waals surface area contributed by atoms with Crippen LogP contribution in [-0.2, 0) is 15.0 Å². The quantitative estimate of drug-likeness (QED) is 0.720.